The number of para-hydroxylation sites is 1. The zero-order valence-electron chi connectivity index (χ0n) is 19.2. The van der Waals surface area contributed by atoms with Gasteiger partial charge in [-0.25, -0.2) is 9.78 Å². The van der Waals surface area contributed by atoms with Gasteiger partial charge in [0.2, 0.25) is 0 Å². The Balaban J connectivity index is 1.57. The molecule has 0 unspecified atom stereocenters. The molecule has 3 heterocycles. The lowest BCUT2D eigenvalue weighted by Crippen LogP contribution is -2.15. The molecule has 0 radical (unpaired) electrons. The molecule has 5 rings (SSSR count). The molecule has 0 aliphatic heterocycles. The maximum Gasteiger partial charge on any atom is 0.341 e. The number of carbonyl (C=O) groups is 2. The van der Waals surface area contributed by atoms with E-state index in [0.29, 0.717) is 16.1 Å². The van der Waals surface area contributed by atoms with Crippen LogP contribution in [0.25, 0.3) is 32.6 Å². The maximum atomic E-state index is 13.6. The second kappa shape index (κ2) is 9.82. The molecule has 3 aromatic heterocycles. The summed E-state index contributed by atoms with van der Waals surface area (Å²) in [5, 5.41) is 8.06. The molecular formula is C28H22N2O3S2. The molecule has 0 bridgehead atoms. The van der Waals surface area contributed by atoms with Gasteiger partial charge in [-0.15, -0.1) is 22.7 Å². The number of benzene rings is 2. The second-order valence-corrected chi connectivity index (χ2v) is 9.77. The highest BCUT2D eigenvalue weighted by molar-refractivity contribution is 7.15. The van der Waals surface area contributed by atoms with Gasteiger partial charge in [0.05, 0.1) is 28.3 Å². The molecule has 0 aliphatic carbocycles. The van der Waals surface area contributed by atoms with Crippen LogP contribution in [0.5, 0.6) is 0 Å². The number of fused-ring (bicyclic) bond motifs is 1. The number of ether oxygens (including phenoxy) is 1. The van der Waals surface area contributed by atoms with Gasteiger partial charge in [-0.3, -0.25) is 4.79 Å². The van der Waals surface area contributed by atoms with Crippen LogP contribution < -0.4 is 5.32 Å². The van der Waals surface area contributed by atoms with Crippen molar-refractivity contribution in [3.05, 3.63) is 94.2 Å². The van der Waals surface area contributed by atoms with Crippen molar-refractivity contribution in [3.63, 3.8) is 0 Å². The normalized spacial score (nSPS) is 10.9. The molecule has 1 N–H and O–H groups in total. The molecule has 2 aromatic carbocycles. The number of pyridine rings is 1. The van der Waals surface area contributed by atoms with Crippen molar-refractivity contribution in [2.45, 2.75) is 13.8 Å². The predicted octanol–water partition coefficient (Wildman–Crippen LogP) is 7.43. The van der Waals surface area contributed by atoms with Crippen molar-refractivity contribution in [2.24, 2.45) is 0 Å². The first kappa shape index (κ1) is 23.0. The van der Waals surface area contributed by atoms with Crippen LogP contribution in [0.4, 0.5) is 5.00 Å². The van der Waals surface area contributed by atoms with E-state index >= 15 is 0 Å². The molecule has 1 amide bonds. The summed E-state index contributed by atoms with van der Waals surface area (Å²) >= 11 is 2.88. The third kappa shape index (κ3) is 4.60. The van der Waals surface area contributed by atoms with Crippen LogP contribution in [0.1, 0.15) is 33.2 Å². The van der Waals surface area contributed by atoms with Crippen molar-refractivity contribution in [2.75, 3.05) is 11.9 Å². The predicted molar refractivity (Wildman–Crippen MR) is 143 cm³/mol. The van der Waals surface area contributed by atoms with E-state index in [9.17, 15) is 9.59 Å². The number of amides is 1. The maximum absolute atomic E-state index is 13.6. The van der Waals surface area contributed by atoms with Crippen molar-refractivity contribution >= 4 is 50.5 Å². The zero-order chi connectivity index (χ0) is 24.4. The van der Waals surface area contributed by atoms with Gasteiger partial charge in [-0.2, -0.15) is 0 Å². The number of nitrogens with zero attached hydrogens (tertiary/aromatic N) is 1. The summed E-state index contributed by atoms with van der Waals surface area (Å²) in [5.41, 5.74) is 5.10. The summed E-state index contributed by atoms with van der Waals surface area (Å²) in [6.45, 7) is 4.02. The Morgan fingerprint density at radius 2 is 1.80 bits per heavy atom. The van der Waals surface area contributed by atoms with Gasteiger partial charge < -0.3 is 10.1 Å². The fourth-order valence-corrected chi connectivity index (χ4v) is 5.52. The highest BCUT2D eigenvalue weighted by Crippen LogP contribution is 2.37. The third-order valence-electron chi connectivity index (χ3n) is 5.59. The van der Waals surface area contributed by atoms with E-state index in [2.05, 4.69) is 5.32 Å². The standard InChI is InChI=1S/C28H22N2O3S2/c1-3-33-28(32)25-21(18-12-10-17(2)11-13-18)16-35-27(25)30-26(31)20-15-23(24-9-6-14-34-24)29-22-8-5-4-7-19(20)22/h4-16H,3H2,1-2H3,(H,30,31). The van der Waals surface area contributed by atoms with Gasteiger partial charge in [0.25, 0.3) is 5.91 Å². The molecule has 35 heavy (non-hydrogen) atoms. The van der Waals surface area contributed by atoms with E-state index in [0.717, 1.165) is 38.2 Å². The third-order valence-corrected chi connectivity index (χ3v) is 7.38. The average Bonchev–Trinajstić information content (AvgIpc) is 3.55. The van der Waals surface area contributed by atoms with E-state index in [1.54, 1.807) is 18.3 Å². The summed E-state index contributed by atoms with van der Waals surface area (Å²) in [7, 11) is 0. The second-order valence-electron chi connectivity index (χ2n) is 7.94. The minimum Gasteiger partial charge on any atom is -0.462 e. The number of thiophene rings is 2. The van der Waals surface area contributed by atoms with Crippen LogP contribution in [0.3, 0.4) is 0 Å². The summed E-state index contributed by atoms with van der Waals surface area (Å²) in [5.74, 6) is -0.761. The number of hydrogen-bond acceptors (Lipinski definition) is 6. The van der Waals surface area contributed by atoms with Crippen LogP contribution in [0.15, 0.2) is 77.5 Å². The molecule has 0 spiro atoms. The van der Waals surface area contributed by atoms with Gasteiger partial charge in [0, 0.05) is 16.3 Å². The Bertz CT molecular complexity index is 1520. The zero-order valence-corrected chi connectivity index (χ0v) is 20.8. The molecule has 0 saturated heterocycles. The monoisotopic (exact) mass is 498 g/mol. The fraction of sp³-hybridized carbons (Fsp3) is 0.107. The van der Waals surface area contributed by atoms with Crippen LogP contribution in [0.2, 0.25) is 0 Å². The number of anilines is 1. The number of nitrogens with one attached hydrogen (secondary N) is 1. The first-order valence-corrected chi connectivity index (χ1v) is 12.9. The minimum absolute atomic E-state index is 0.245. The van der Waals surface area contributed by atoms with Crippen molar-refractivity contribution in [1.29, 1.82) is 0 Å². The van der Waals surface area contributed by atoms with Gasteiger partial charge in [0.15, 0.2) is 0 Å². The topological polar surface area (TPSA) is 68.3 Å². The Morgan fingerprint density at radius 1 is 1.00 bits per heavy atom. The first-order chi connectivity index (χ1) is 17.0. The number of rotatable bonds is 6. The quantitative estimate of drug-likeness (QED) is 0.247. The highest BCUT2D eigenvalue weighted by Gasteiger charge is 2.24. The molecule has 5 aromatic rings. The van der Waals surface area contributed by atoms with Crippen LogP contribution in [0, 0.1) is 6.92 Å². The van der Waals surface area contributed by atoms with E-state index < -0.39 is 5.97 Å². The van der Waals surface area contributed by atoms with Gasteiger partial charge in [-0.1, -0.05) is 54.1 Å². The smallest absolute Gasteiger partial charge is 0.341 e. The fourth-order valence-electron chi connectivity index (χ4n) is 3.89. The molecular weight excluding hydrogens is 476 g/mol. The molecule has 5 nitrogen and oxygen atoms in total. The molecule has 0 aliphatic rings. The molecule has 0 saturated carbocycles. The lowest BCUT2D eigenvalue weighted by molar-refractivity contribution is 0.0529. The highest BCUT2D eigenvalue weighted by atomic mass is 32.1. The molecule has 0 atom stereocenters. The van der Waals surface area contributed by atoms with Crippen LogP contribution in [-0.2, 0) is 4.74 Å². The van der Waals surface area contributed by atoms with E-state index in [4.69, 9.17) is 9.72 Å². The van der Waals surface area contributed by atoms with Crippen molar-refractivity contribution in [1.82, 2.24) is 4.98 Å². The Kier molecular flexibility index (Phi) is 6.44. The van der Waals surface area contributed by atoms with E-state index in [-0.39, 0.29) is 12.5 Å². The molecule has 174 valence electrons. The first-order valence-electron chi connectivity index (χ1n) is 11.2. The van der Waals surface area contributed by atoms with Crippen molar-refractivity contribution < 1.29 is 14.3 Å². The lowest BCUT2D eigenvalue weighted by atomic mass is 10.0. The summed E-state index contributed by atoms with van der Waals surface area (Å²) in [6.07, 6.45) is 0. The van der Waals surface area contributed by atoms with E-state index in [1.807, 2.05) is 84.4 Å². The number of aryl methyl sites for hydroxylation is 1. The lowest BCUT2D eigenvalue weighted by Gasteiger charge is -2.11. The summed E-state index contributed by atoms with van der Waals surface area (Å²) in [4.78, 5) is 32.3. The minimum atomic E-state index is -0.460. The van der Waals surface area contributed by atoms with Gasteiger partial charge >= 0.3 is 5.97 Å². The number of esters is 1. The SMILES string of the molecule is CCOC(=O)c1c(-c2ccc(C)cc2)csc1NC(=O)c1cc(-c2cccs2)nc2ccccc12. The van der Waals surface area contributed by atoms with Gasteiger partial charge in [0.1, 0.15) is 10.6 Å². The Labute approximate surface area is 211 Å². The Morgan fingerprint density at radius 3 is 2.54 bits per heavy atom. The number of carbonyl (C=O) groups excluding carboxylic acids is 2. The number of hydrogen-bond donors (Lipinski definition) is 1. The molecule has 7 heteroatoms. The van der Waals surface area contributed by atoms with Crippen molar-refractivity contribution in [3.8, 4) is 21.7 Å². The Hall–Kier alpha value is -3.81. The summed E-state index contributed by atoms with van der Waals surface area (Å²) in [6, 6.07) is 21.2. The summed E-state index contributed by atoms with van der Waals surface area (Å²) < 4.78 is 5.35. The van der Waals surface area contributed by atoms with Gasteiger partial charge in [-0.05, 0) is 43.0 Å². The average molecular weight is 499 g/mol. The molecule has 0 fully saturated rings. The number of aromatic nitrogens is 1. The van der Waals surface area contributed by atoms with Crippen LogP contribution >= 0.6 is 22.7 Å². The van der Waals surface area contributed by atoms with E-state index in [1.165, 1.54) is 11.3 Å². The largest absolute Gasteiger partial charge is 0.462 e. The van der Waals surface area contributed by atoms with Crippen LogP contribution in [-0.4, -0.2) is 23.5 Å².